The molecule has 2 heterocycles. The first kappa shape index (κ1) is 17.3. The van der Waals surface area contributed by atoms with Crippen molar-refractivity contribution in [1.82, 2.24) is 9.80 Å². The molecule has 2 aliphatic heterocycles. The Labute approximate surface area is 146 Å². The van der Waals surface area contributed by atoms with Gasteiger partial charge < -0.3 is 14.4 Å². The highest BCUT2D eigenvalue weighted by Gasteiger charge is 2.39. The Kier molecular flexibility index (Phi) is 5.47. The Morgan fingerprint density at radius 3 is 2.79 bits per heavy atom. The molecule has 132 valence electrons. The van der Waals surface area contributed by atoms with Gasteiger partial charge in [-0.05, 0) is 63.6 Å². The predicted octanol–water partition coefficient (Wildman–Crippen LogP) is 3.18. The second kappa shape index (κ2) is 7.58. The van der Waals surface area contributed by atoms with E-state index in [2.05, 4.69) is 48.9 Å². The lowest BCUT2D eigenvalue weighted by atomic mass is 10.1. The molecule has 4 heteroatoms. The molecule has 1 aromatic carbocycles. The van der Waals surface area contributed by atoms with Gasteiger partial charge in [-0.2, -0.15) is 0 Å². The van der Waals surface area contributed by atoms with Gasteiger partial charge >= 0.3 is 0 Å². The fourth-order valence-corrected chi connectivity index (χ4v) is 3.87. The molecular formula is C20H30N2O2. The van der Waals surface area contributed by atoms with Crippen LogP contribution in [0.3, 0.4) is 0 Å². The van der Waals surface area contributed by atoms with Crippen LogP contribution in [0.4, 0.5) is 0 Å². The molecule has 2 fully saturated rings. The predicted molar refractivity (Wildman–Crippen MR) is 97.7 cm³/mol. The van der Waals surface area contributed by atoms with Gasteiger partial charge in [-0.25, -0.2) is 0 Å². The molecule has 3 rings (SSSR count). The zero-order valence-electron chi connectivity index (χ0n) is 15.4. The first-order valence-electron chi connectivity index (χ1n) is 8.92. The summed E-state index contributed by atoms with van der Waals surface area (Å²) < 4.78 is 11.3. The molecular weight excluding hydrogens is 300 g/mol. The third-order valence-corrected chi connectivity index (χ3v) is 5.27. The molecule has 0 aliphatic carbocycles. The van der Waals surface area contributed by atoms with Crippen molar-refractivity contribution in [3.8, 4) is 11.5 Å². The number of allylic oxidation sites excluding steroid dienone is 1. The van der Waals surface area contributed by atoms with E-state index in [1.165, 1.54) is 37.2 Å². The summed E-state index contributed by atoms with van der Waals surface area (Å²) in [7, 11) is 3.97. The van der Waals surface area contributed by atoms with Crippen LogP contribution in [0.2, 0.25) is 0 Å². The van der Waals surface area contributed by atoms with Crippen LogP contribution >= 0.6 is 0 Å². The van der Waals surface area contributed by atoms with Crippen molar-refractivity contribution in [2.75, 3.05) is 40.4 Å². The topological polar surface area (TPSA) is 24.9 Å². The number of likely N-dealkylation sites (N-methyl/N-ethyl adjacent to an activating group) is 1. The molecule has 0 radical (unpaired) electrons. The van der Waals surface area contributed by atoms with E-state index in [0.717, 1.165) is 30.0 Å². The van der Waals surface area contributed by atoms with Gasteiger partial charge in [0.1, 0.15) is 6.61 Å². The lowest BCUT2D eigenvalue weighted by Crippen LogP contribution is -2.31. The van der Waals surface area contributed by atoms with E-state index in [1.54, 1.807) is 7.11 Å². The van der Waals surface area contributed by atoms with Gasteiger partial charge in [0.25, 0.3) is 0 Å². The minimum Gasteiger partial charge on any atom is -0.493 e. The molecule has 4 nitrogen and oxygen atoms in total. The molecule has 0 N–H and O–H groups in total. The first-order valence-corrected chi connectivity index (χ1v) is 8.92. The van der Waals surface area contributed by atoms with E-state index in [4.69, 9.17) is 9.47 Å². The number of rotatable bonds is 6. The first-order chi connectivity index (χ1) is 11.6. The van der Waals surface area contributed by atoms with Crippen molar-refractivity contribution in [2.24, 2.45) is 5.92 Å². The number of methoxy groups -OCH3 is 1. The molecule has 2 saturated heterocycles. The van der Waals surface area contributed by atoms with Crippen LogP contribution < -0.4 is 9.47 Å². The summed E-state index contributed by atoms with van der Waals surface area (Å²) >= 11 is 0. The highest BCUT2D eigenvalue weighted by atomic mass is 16.5. The third kappa shape index (κ3) is 3.93. The quantitative estimate of drug-likeness (QED) is 0.748. The van der Waals surface area contributed by atoms with Crippen LogP contribution in [-0.4, -0.2) is 56.2 Å². The van der Waals surface area contributed by atoms with E-state index in [9.17, 15) is 0 Å². The van der Waals surface area contributed by atoms with Gasteiger partial charge in [-0.15, -0.1) is 0 Å². The Bertz CT molecular complexity index is 595. The molecule has 24 heavy (non-hydrogen) atoms. The lowest BCUT2D eigenvalue weighted by Gasteiger charge is -2.21. The fourth-order valence-electron chi connectivity index (χ4n) is 3.87. The van der Waals surface area contributed by atoms with Crippen molar-refractivity contribution in [3.63, 3.8) is 0 Å². The van der Waals surface area contributed by atoms with Gasteiger partial charge in [-0.1, -0.05) is 11.6 Å². The van der Waals surface area contributed by atoms with Crippen LogP contribution in [-0.2, 0) is 6.54 Å². The van der Waals surface area contributed by atoms with Gasteiger partial charge in [0.05, 0.1) is 7.11 Å². The van der Waals surface area contributed by atoms with Gasteiger partial charge in [0.15, 0.2) is 11.5 Å². The zero-order chi connectivity index (χ0) is 17.1. The van der Waals surface area contributed by atoms with Crippen molar-refractivity contribution in [3.05, 3.63) is 35.4 Å². The SMILES string of the molecule is COc1cc(CN2C[C@H]3CCN(C)[C@H]3C2)ccc1OCC=C(C)C. The van der Waals surface area contributed by atoms with E-state index in [0.29, 0.717) is 6.61 Å². The molecule has 2 atom stereocenters. The Morgan fingerprint density at radius 2 is 2.08 bits per heavy atom. The van der Waals surface area contributed by atoms with Crippen LogP contribution in [0.5, 0.6) is 11.5 Å². The highest BCUT2D eigenvalue weighted by molar-refractivity contribution is 5.43. The molecule has 0 saturated carbocycles. The molecule has 2 aliphatic rings. The number of likely N-dealkylation sites (tertiary alicyclic amines) is 2. The average Bonchev–Trinajstić information content (AvgIpc) is 3.10. The minimum absolute atomic E-state index is 0.583. The largest absolute Gasteiger partial charge is 0.493 e. The number of hydrogen-bond donors (Lipinski definition) is 0. The second-order valence-corrected chi connectivity index (χ2v) is 7.37. The van der Waals surface area contributed by atoms with Crippen molar-refractivity contribution < 1.29 is 9.47 Å². The summed E-state index contributed by atoms with van der Waals surface area (Å²) in [4.78, 5) is 5.09. The summed E-state index contributed by atoms with van der Waals surface area (Å²) in [6.07, 6.45) is 3.42. The Morgan fingerprint density at radius 1 is 1.25 bits per heavy atom. The monoisotopic (exact) mass is 330 g/mol. The van der Waals surface area contributed by atoms with Gasteiger partial charge in [0.2, 0.25) is 0 Å². The Hall–Kier alpha value is -1.52. The standard InChI is InChI=1S/C20H30N2O2/c1-15(2)8-10-24-19-6-5-16(11-20(19)23-4)12-22-13-17-7-9-21(3)18(17)14-22/h5-6,8,11,17-18H,7,9-10,12-14H2,1-4H3/t17-,18+/m1/s1. The summed E-state index contributed by atoms with van der Waals surface area (Å²) in [5.41, 5.74) is 2.55. The maximum atomic E-state index is 5.82. The van der Waals surface area contributed by atoms with E-state index < -0.39 is 0 Å². The van der Waals surface area contributed by atoms with E-state index >= 15 is 0 Å². The molecule has 0 amide bonds. The smallest absolute Gasteiger partial charge is 0.161 e. The number of hydrogen-bond acceptors (Lipinski definition) is 4. The summed E-state index contributed by atoms with van der Waals surface area (Å²) in [6.45, 7) is 9.39. The molecule has 0 aromatic heterocycles. The maximum absolute atomic E-state index is 5.82. The van der Waals surface area contributed by atoms with Crippen molar-refractivity contribution in [2.45, 2.75) is 32.9 Å². The molecule has 1 aromatic rings. The summed E-state index contributed by atoms with van der Waals surface area (Å²) in [6, 6.07) is 7.07. The molecule has 0 unspecified atom stereocenters. The van der Waals surface area contributed by atoms with Crippen LogP contribution in [0.15, 0.2) is 29.8 Å². The Balaban J connectivity index is 1.61. The lowest BCUT2D eigenvalue weighted by molar-refractivity contribution is 0.255. The maximum Gasteiger partial charge on any atom is 0.161 e. The summed E-state index contributed by atoms with van der Waals surface area (Å²) in [5.74, 6) is 2.49. The normalized spacial score (nSPS) is 24.0. The van der Waals surface area contributed by atoms with Crippen LogP contribution in [0.1, 0.15) is 25.8 Å². The van der Waals surface area contributed by atoms with Crippen molar-refractivity contribution >= 4 is 0 Å². The average molecular weight is 330 g/mol. The number of nitrogens with zero attached hydrogens (tertiary/aromatic N) is 2. The van der Waals surface area contributed by atoms with Crippen molar-refractivity contribution in [1.29, 1.82) is 0 Å². The fraction of sp³-hybridized carbons (Fsp3) is 0.600. The number of benzene rings is 1. The molecule has 0 spiro atoms. The van der Waals surface area contributed by atoms with Crippen LogP contribution in [0.25, 0.3) is 0 Å². The van der Waals surface area contributed by atoms with Gasteiger partial charge in [0, 0.05) is 25.7 Å². The van der Waals surface area contributed by atoms with E-state index in [-0.39, 0.29) is 0 Å². The summed E-state index contributed by atoms with van der Waals surface area (Å²) in [5, 5.41) is 0. The number of fused-ring (bicyclic) bond motifs is 1. The highest BCUT2D eigenvalue weighted by Crippen LogP contribution is 2.33. The number of ether oxygens (including phenoxy) is 2. The van der Waals surface area contributed by atoms with Crippen LogP contribution in [0, 0.1) is 5.92 Å². The second-order valence-electron chi connectivity index (χ2n) is 7.37. The van der Waals surface area contributed by atoms with Gasteiger partial charge in [-0.3, -0.25) is 4.90 Å². The van der Waals surface area contributed by atoms with E-state index in [1.807, 2.05) is 6.07 Å². The third-order valence-electron chi connectivity index (χ3n) is 5.27. The molecule has 0 bridgehead atoms. The zero-order valence-corrected chi connectivity index (χ0v) is 15.4. The minimum atomic E-state index is 0.583.